The van der Waals surface area contributed by atoms with E-state index in [2.05, 4.69) is 0 Å². The first-order valence-electron chi connectivity index (χ1n) is 8.85. The quantitative estimate of drug-likeness (QED) is 0.757. The van der Waals surface area contributed by atoms with Crippen molar-refractivity contribution in [2.24, 2.45) is 0 Å². The molecule has 1 spiro atoms. The zero-order valence-corrected chi connectivity index (χ0v) is 16.1. The highest BCUT2D eigenvalue weighted by atomic mass is 32.2. The van der Waals surface area contributed by atoms with Gasteiger partial charge in [0, 0.05) is 31.5 Å². The van der Waals surface area contributed by atoms with Crippen molar-refractivity contribution in [2.45, 2.75) is 30.3 Å². The molecule has 4 rings (SSSR count). The summed E-state index contributed by atoms with van der Waals surface area (Å²) in [6.07, 6.45) is 0.897. The van der Waals surface area contributed by atoms with Gasteiger partial charge < -0.3 is 9.47 Å². The van der Waals surface area contributed by atoms with Crippen LogP contribution in [0.5, 0.6) is 5.75 Å². The Kier molecular flexibility index (Phi) is 4.24. The molecule has 6 nitrogen and oxygen atoms in total. The molecule has 27 heavy (non-hydrogen) atoms. The third-order valence-corrected chi connectivity index (χ3v) is 7.51. The van der Waals surface area contributed by atoms with Gasteiger partial charge in [-0.05, 0) is 36.8 Å². The Morgan fingerprint density at radius 3 is 2.48 bits per heavy atom. The maximum Gasteiger partial charge on any atom is 0.339 e. The highest BCUT2D eigenvalue weighted by Gasteiger charge is 2.48. The SMILES string of the molecule is COc1ccc(S(=O)(=O)N2CCC3(CC2)OC(=O)c2ccccc23)c(C)c1. The van der Waals surface area contributed by atoms with Gasteiger partial charge in [-0.15, -0.1) is 0 Å². The number of carbonyl (C=O) groups is 1. The maximum atomic E-state index is 13.1. The molecule has 0 radical (unpaired) electrons. The predicted molar refractivity (Wildman–Crippen MR) is 99.3 cm³/mol. The lowest BCUT2D eigenvalue weighted by molar-refractivity contribution is -0.0329. The first-order valence-corrected chi connectivity index (χ1v) is 10.3. The topological polar surface area (TPSA) is 72.9 Å². The van der Waals surface area contributed by atoms with Crippen LogP contribution in [0.2, 0.25) is 0 Å². The second-order valence-corrected chi connectivity index (χ2v) is 8.87. The zero-order chi connectivity index (χ0) is 19.2. The van der Waals surface area contributed by atoms with E-state index in [0.29, 0.717) is 42.8 Å². The molecule has 0 N–H and O–H groups in total. The van der Waals surface area contributed by atoms with Crippen LogP contribution in [-0.4, -0.2) is 38.9 Å². The third kappa shape index (κ3) is 2.82. The molecule has 0 aromatic heterocycles. The molecule has 2 heterocycles. The summed E-state index contributed by atoms with van der Waals surface area (Å²) in [7, 11) is -2.07. The van der Waals surface area contributed by atoms with Gasteiger partial charge in [0.1, 0.15) is 11.4 Å². The largest absolute Gasteiger partial charge is 0.497 e. The fraction of sp³-hybridized carbons (Fsp3) is 0.350. The number of esters is 1. The van der Waals surface area contributed by atoms with Crippen LogP contribution in [-0.2, 0) is 20.4 Å². The highest BCUT2D eigenvalue weighted by molar-refractivity contribution is 7.89. The van der Waals surface area contributed by atoms with Crippen molar-refractivity contribution in [2.75, 3.05) is 20.2 Å². The van der Waals surface area contributed by atoms with E-state index in [-0.39, 0.29) is 10.9 Å². The summed E-state index contributed by atoms with van der Waals surface area (Å²) < 4.78 is 38.5. The number of methoxy groups -OCH3 is 1. The van der Waals surface area contributed by atoms with Crippen molar-refractivity contribution >= 4 is 16.0 Å². The van der Waals surface area contributed by atoms with Gasteiger partial charge in [0.2, 0.25) is 10.0 Å². The Bertz CT molecular complexity index is 1010. The average Bonchev–Trinajstić information content (AvgIpc) is 2.94. The lowest BCUT2D eigenvalue weighted by atomic mass is 9.84. The van der Waals surface area contributed by atoms with Crippen molar-refractivity contribution in [1.29, 1.82) is 0 Å². The standard InChI is InChI=1S/C20H21NO5S/c1-14-13-15(25-2)7-8-18(14)27(23,24)21-11-9-20(10-12-21)17-6-4-3-5-16(17)19(22)26-20/h3-8,13H,9-12H2,1-2H3. The summed E-state index contributed by atoms with van der Waals surface area (Å²) >= 11 is 0. The Labute approximate surface area is 158 Å². The first-order chi connectivity index (χ1) is 12.9. The van der Waals surface area contributed by atoms with E-state index in [1.54, 1.807) is 38.3 Å². The number of sulfonamides is 1. The molecule has 2 aromatic carbocycles. The van der Waals surface area contributed by atoms with Crippen LogP contribution in [0.15, 0.2) is 47.4 Å². The molecule has 0 bridgehead atoms. The minimum absolute atomic E-state index is 0.281. The maximum absolute atomic E-state index is 13.1. The molecular formula is C20H21NO5S. The van der Waals surface area contributed by atoms with Crippen molar-refractivity contribution in [3.63, 3.8) is 0 Å². The molecule has 0 unspecified atom stereocenters. The molecule has 0 atom stereocenters. The Hall–Kier alpha value is -2.38. The van der Waals surface area contributed by atoms with Crippen LogP contribution in [0, 0.1) is 6.92 Å². The van der Waals surface area contributed by atoms with E-state index in [4.69, 9.17) is 9.47 Å². The van der Waals surface area contributed by atoms with Gasteiger partial charge in [0.25, 0.3) is 0 Å². The number of carbonyl (C=O) groups excluding carboxylic acids is 1. The summed E-state index contributed by atoms with van der Waals surface area (Å²) in [5, 5.41) is 0. The third-order valence-electron chi connectivity index (χ3n) is 5.46. The monoisotopic (exact) mass is 387 g/mol. The molecule has 2 aliphatic rings. The van der Waals surface area contributed by atoms with Gasteiger partial charge in [-0.1, -0.05) is 18.2 Å². The molecule has 142 valence electrons. The molecule has 7 heteroatoms. The number of ether oxygens (including phenoxy) is 2. The van der Waals surface area contributed by atoms with E-state index in [1.807, 2.05) is 18.2 Å². The number of rotatable bonds is 3. The highest BCUT2D eigenvalue weighted by Crippen LogP contribution is 2.44. The second-order valence-electron chi connectivity index (χ2n) is 6.96. The Morgan fingerprint density at radius 2 is 1.81 bits per heavy atom. The molecular weight excluding hydrogens is 366 g/mol. The Balaban J connectivity index is 1.59. The van der Waals surface area contributed by atoms with E-state index in [9.17, 15) is 13.2 Å². The number of hydrogen-bond acceptors (Lipinski definition) is 5. The smallest absolute Gasteiger partial charge is 0.339 e. The fourth-order valence-corrected chi connectivity index (χ4v) is 5.63. The van der Waals surface area contributed by atoms with Gasteiger partial charge in [-0.25, -0.2) is 13.2 Å². The molecule has 2 aromatic rings. The van der Waals surface area contributed by atoms with Gasteiger partial charge in [-0.3, -0.25) is 0 Å². The van der Waals surface area contributed by atoms with Crippen LogP contribution >= 0.6 is 0 Å². The van der Waals surface area contributed by atoms with Crippen molar-refractivity contribution in [1.82, 2.24) is 4.31 Å². The van der Waals surface area contributed by atoms with Gasteiger partial charge >= 0.3 is 5.97 Å². The minimum atomic E-state index is -3.62. The van der Waals surface area contributed by atoms with Crippen molar-refractivity contribution in [3.05, 3.63) is 59.2 Å². The lowest BCUT2D eigenvalue weighted by Crippen LogP contribution is -2.45. The summed E-state index contributed by atoms with van der Waals surface area (Å²) in [4.78, 5) is 12.5. The van der Waals surface area contributed by atoms with Gasteiger partial charge in [0.05, 0.1) is 17.6 Å². The van der Waals surface area contributed by atoms with Crippen LogP contribution in [0.3, 0.4) is 0 Å². The minimum Gasteiger partial charge on any atom is -0.497 e. The second kappa shape index (κ2) is 6.35. The number of benzene rings is 2. The number of piperidine rings is 1. The van der Waals surface area contributed by atoms with E-state index < -0.39 is 15.6 Å². The molecule has 0 saturated carbocycles. The summed E-state index contributed by atoms with van der Waals surface area (Å²) in [5.74, 6) is 0.298. The van der Waals surface area contributed by atoms with Crippen LogP contribution in [0.25, 0.3) is 0 Å². The number of nitrogens with zero attached hydrogens (tertiary/aromatic N) is 1. The summed E-state index contributed by atoms with van der Waals surface area (Å²) in [6.45, 7) is 2.36. The van der Waals surface area contributed by atoms with Gasteiger partial charge in [0.15, 0.2) is 0 Å². The summed E-state index contributed by atoms with van der Waals surface area (Å²) in [6, 6.07) is 12.3. The summed E-state index contributed by atoms with van der Waals surface area (Å²) in [5.41, 5.74) is 1.38. The van der Waals surface area contributed by atoms with E-state index in [0.717, 1.165) is 5.56 Å². The average molecular weight is 387 g/mol. The van der Waals surface area contributed by atoms with Crippen LogP contribution in [0.1, 0.15) is 34.3 Å². The lowest BCUT2D eigenvalue weighted by Gasteiger charge is -2.38. The molecule has 0 amide bonds. The fourth-order valence-electron chi connectivity index (χ4n) is 3.98. The van der Waals surface area contributed by atoms with E-state index in [1.165, 1.54) is 4.31 Å². The zero-order valence-electron chi connectivity index (χ0n) is 15.3. The van der Waals surface area contributed by atoms with Crippen LogP contribution < -0.4 is 4.74 Å². The van der Waals surface area contributed by atoms with Crippen LogP contribution in [0.4, 0.5) is 0 Å². The Morgan fingerprint density at radius 1 is 1.11 bits per heavy atom. The molecule has 1 fully saturated rings. The normalized spacial score (nSPS) is 19.0. The molecule has 2 aliphatic heterocycles. The number of fused-ring (bicyclic) bond motifs is 2. The van der Waals surface area contributed by atoms with Gasteiger partial charge in [-0.2, -0.15) is 4.31 Å². The van der Waals surface area contributed by atoms with Crippen molar-refractivity contribution in [3.8, 4) is 5.75 Å². The van der Waals surface area contributed by atoms with E-state index >= 15 is 0 Å². The predicted octanol–water partition coefficient (Wildman–Crippen LogP) is 2.85. The number of hydrogen-bond donors (Lipinski definition) is 0. The van der Waals surface area contributed by atoms with Crippen molar-refractivity contribution < 1.29 is 22.7 Å². The number of aryl methyl sites for hydroxylation is 1. The molecule has 1 saturated heterocycles. The first kappa shape index (κ1) is 18.0. The molecule has 0 aliphatic carbocycles.